The number of nitrogens with zero attached hydrogens (tertiary/aromatic N) is 3. The lowest BCUT2D eigenvalue weighted by molar-refractivity contribution is -0.138. The Morgan fingerprint density at radius 2 is 1.53 bits per heavy atom. The highest BCUT2D eigenvalue weighted by atomic mass is 35.5. The van der Waals surface area contributed by atoms with Gasteiger partial charge in [0.25, 0.3) is 0 Å². The standard InChI is InChI=1S/C36H39ClF3N3OSi/c1-24-27(18-13-19-29(24)36(38,39)40)20-32-31(23-44-45(5,6)35(2,3)4)42-34-30(21-28(37)22-43(32)34)41-33(25-14-9-7-10-15-25)26-16-11-8-12-17-26/h7-19,21-22,31-32H,20,23H2,1-6H3. The van der Waals surface area contributed by atoms with Gasteiger partial charge >= 0.3 is 6.18 Å². The van der Waals surface area contributed by atoms with Crippen molar-refractivity contribution in [1.29, 1.82) is 0 Å². The monoisotopic (exact) mass is 649 g/mol. The molecule has 2 unspecified atom stereocenters. The molecule has 9 heteroatoms. The molecule has 2 heterocycles. The van der Waals surface area contributed by atoms with Gasteiger partial charge in [0.1, 0.15) is 5.70 Å². The molecule has 0 saturated heterocycles. The van der Waals surface area contributed by atoms with Crippen molar-refractivity contribution >= 4 is 31.5 Å². The van der Waals surface area contributed by atoms with Crippen molar-refractivity contribution in [3.05, 3.63) is 130 Å². The summed E-state index contributed by atoms with van der Waals surface area (Å²) in [4.78, 5) is 12.3. The fraction of sp³-hybridized carbons (Fsp3) is 0.333. The molecule has 0 N–H and O–H groups in total. The van der Waals surface area contributed by atoms with Crippen LogP contribution in [0.2, 0.25) is 18.1 Å². The van der Waals surface area contributed by atoms with Gasteiger partial charge in [-0.05, 0) is 54.7 Å². The maximum Gasteiger partial charge on any atom is 0.416 e. The highest BCUT2D eigenvalue weighted by molar-refractivity contribution is 6.74. The highest BCUT2D eigenvalue weighted by Gasteiger charge is 2.43. The Hall–Kier alpha value is -3.46. The first-order chi connectivity index (χ1) is 21.2. The van der Waals surface area contributed by atoms with Gasteiger partial charge in [0.05, 0.1) is 35.0 Å². The molecule has 0 aliphatic carbocycles. The molecule has 2 aliphatic rings. The van der Waals surface area contributed by atoms with Crippen LogP contribution < -0.4 is 0 Å². The van der Waals surface area contributed by atoms with Crippen LogP contribution in [0.5, 0.6) is 0 Å². The summed E-state index contributed by atoms with van der Waals surface area (Å²) in [6, 6.07) is 23.5. The number of hydrogen-bond acceptors (Lipinski definition) is 4. The number of amidine groups is 1. The molecule has 2 aliphatic heterocycles. The van der Waals surface area contributed by atoms with E-state index < -0.39 is 20.1 Å². The van der Waals surface area contributed by atoms with Gasteiger partial charge in [-0.2, -0.15) is 13.2 Å². The molecule has 0 spiro atoms. The summed E-state index contributed by atoms with van der Waals surface area (Å²) in [5.74, 6) is 0.627. The number of allylic oxidation sites excluding steroid dienone is 2. The fourth-order valence-corrected chi connectivity index (χ4v) is 6.62. The van der Waals surface area contributed by atoms with E-state index in [-0.39, 0.29) is 22.7 Å². The third kappa shape index (κ3) is 7.18. The number of benzene rings is 3. The molecule has 0 bridgehead atoms. The fourth-order valence-electron chi connectivity index (χ4n) is 5.39. The first-order valence-corrected chi connectivity index (χ1v) is 18.4. The molecular formula is C36H39ClF3N3OSi. The number of aliphatic imine (C=N–C) groups is 2. The van der Waals surface area contributed by atoms with E-state index in [4.69, 9.17) is 26.0 Å². The van der Waals surface area contributed by atoms with Crippen LogP contribution in [0.15, 0.2) is 112 Å². The minimum Gasteiger partial charge on any atom is -0.415 e. The maximum absolute atomic E-state index is 13.9. The number of alkyl halides is 3. The van der Waals surface area contributed by atoms with Crippen molar-refractivity contribution < 1.29 is 17.6 Å². The van der Waals surface area contributed by atoms with E-state index in [1.54, 1.807) is 12.1 Å². The van der Waals surface area contributed by atoms with E-state index in [1.165, 1.54) is 13.0 Å². The van der Waals surface area contributed by atoms with Crippen molar-refractivity contribution in [2.45, 2.75) is 70.5 Å². The van der Waals surface area contributed by atoms with Crippen LogP contribution in [0.3, 0.4) is 0 Å². The summed E-state index contributed by atoms with van der Waals surface area (Å²) >= 11 is 6.74. The molecule has 4 nitrogen and oxygen atoms in total. The van der Waals surface area contributed by atoms with E-state index in [1.807, 2.05) is 71.8 Å². The quantitative estimate of drug-likeness (QED) is 0.180. The number of fused-ring (bicyclic) bond motifs is 1. The first kappa shape index (κ1) is 32.9. The molecule has 0 saturated carbocycles. The van der Waals surface area contributed by atoms with E-state index in [2.05, 4.69) is 33.9 Å². The van der Waals surface area contributed by atoms with Crippen molar-refractivity contribution in [3.8, 4) is 0 Å². The molecule has 3 aromatic carbocycles. The van der Waals surface area contributed by atoms with Gasteiger partial charge < -0.3 is 9.33 Å². The average molecular weight is 650 g/mol. The molecule has 2 atom stereocenters. The zero-order chi connectivity index (χ0) is 32.6. The van der Waals surface area contributed by atoms with E-state index in [9.17, 15) is 13.2 Å². The Morgan fingerprint density at radius 3 is 2.09 bits per heavy atom. The Labute approximate surface area is 270 Å². The largest absolute Gasteiger partial charge is 0.416 e. The second kappa shape index (κ2) is 12.7. The summed E-state index contributed by atoms with van der Waals surface area (Å²) in [6.45, 7) is 12.8. The van der Waals surface area contributed by atoms with Crippen LogP contribution in [0, 0.1) is 6.92 Å². The van der Waals surface area contributed by atoms with Crippen molar-refractivity contribution in [2.24, 2.45) is 9.98 Å². The molecule has 236 valence electrons. The Bertz CT molecular complexity index is 1620. The van der Waals surface area contributed by atoms with Crippen molar-refractivity contribution in [1.82, 2.24) is 4.90 Å². The molecule has 0 fully saturated rings. The van der Waals surface area contributed by atoms with Crippen LogP contribution in [0.25, 0.3) is 0 Å². The number of rotatable bonds is 8. The van der Waals surface area contributed by atoms with Crippen molar-refractivity contribution in [2.75, 3.05) is 6.61 Å². The van der Waals surface area contributed by atoms with E-state index in [0.29, 0.717) is 35.2 Å². The SMILES string of the molecule is Cc1c(CC2C(CO[Si](C)(C)C(C)(C)C)N=C3C(N=C(c4ccccc4)c4ccccc4)=CC(Cl)=CN32)cccc1C(F)(F)F. The Kier molecular flexibility index (Phi) is 9.32. The molecule has 45 heavy (non-hydrogen) atoms. The van der Waals surface area contributed by atoms with Gasteiger partial charge in [0.2, 0.25) is 0 Å². The van der Waals surface area contributed by atoms with Gasteiger partial charge in [-0.3, -0.25) is 4.99 Å². The first-order valence-electron chi connectivity index (χ1n) is 15.1. The van der Waals surface area contributed by atoms with Crippen LogP contribution in [0.4, 0.5) is 13.2 Å². The smallest absolute Gasteiger partial charge is 0.415 e. The van der Waals surface area contributed by atoms with Crippen molar-refractivity contribution in [3.63, 3.8) is 0 Å². The summed E-state index contributed by atoms with van der Waals surface area (Å²) in [5.41, 5.74) is 3.44. The van der Waals surface area contributed by atoms with E-state index >= 15 is 0 Å². The Morgan fingerprint density at radius 1 is 0.933 bits per heavy atom. The predicted octanol–water partition coefficient (Wildman–Crippen LogP) is 9.54. The van der Waals surface area contributed by atoms with Crippen LogP contribution in [0.1, 0.15) is 48.6 Å². The third-order valence-electron chi connectivity index (χ3n) is 9.03. The lowest BCUT2D eigenvalue weighted by Crippen LogP contribution is -2.46. The van der Waals surface area contributed by atoms with Gasteiger partial charge in [-0.25, -0.2) is 4.99 Å². The summed E-state index contributed by atoms with van der Waals surface area (Å²) in [7, 11) is -2.15. The minimum absolute atomic E-state index is 0.0161. The zero-order valence-electron chi connectivity index (χ0n) is 26.5. The average Bonchev–Trinajstić information content (AvgIpc) is 3.32. The zero-order valence-corrected chi connectivity index (χ0v) is 28.2. The van der Waals surface area contributed by atoms with Gasteiger partial charge in [-0.15, -0.1) is 0 Å². The third-order valence-corrected chi connectivity index (χ3v) is 13.7. The number of halogens is 4. The molecule has 0 amide bonds. The Balaban J connectivity index is 1.58. The van der Waals surface area contributed by atoms with E-state index in [0.717, 1.165) is 22.9 Å². The second-order valence-corrected chi connectivity index (χ2v) is 18.3. The summed E-state index contributed by atoms with van der Waals surface area (Å²) in [5, 5.41) is 0.447. The predicted molar refractivity (Wildman–Crippen MR) is 180 cm³/mol. The lowest BCUT2D eigenvalue weighted by Gasteiger charge is -2.37. The van der Waals surface area contributed by atoms with Crippen LogP contribution in [-0.2, 0) is 17.0 Å². The van der Waals surface area contributed by atoms with Crippen LogP contribution in [-0.4, -0.2) is 43.5 Å². The highest BCUT2D eigenvalue weighted by Crippen LogP contribution is 2.39. The maximum atomic E-state index is 13.9. The van der Waals surface area contributed by atoms with Crippen LogP contribution >= 0.6 is 11.6 Å². The summed E-state index contributed by atoms with van der Waals surface area (Å²) < 4.78 is 48.2. The molecule has 3 aromatic rings. The van der Waals surface area contributed by atoms with Gasteiger partial charge in [0.15, 0.2) is 14.2 Å². The normalized spacial score (nSPS) is 18.6. The lowest BCUT2D eigenvalue weighted by atomic mass is 9.93. The topological polar surface area (TPSA) is 37.2 Å². The number of hydrogen-bond donors (Lipinski definition) is 0. The minimum atomic E-state index is -4.44. The molecule has 0 aromatic heterocycles. The molecule has 0 radical (unpaired) electrons. The molecular weight excluding hydrogens is 611 g/mol. The summed E-state index contributed by atoms with van der Waals surface area (Å²) in [6.07, 6.45) is -0.501. The molecule has 5 rings (SSSR count). The van der Waals surface area contributed by atoms with Gasteiger partial charge in [-0.1, -0.05) is 105 Å². The van der Waals surface area contributed by atoms with Gasteiger partial charge in [0, 0.05) is 17.3 Å². The second-order valence-electron chi connectivity index (χ2n) is 13.1.